The van der Waals surface area contributed by atoms with E-state index in [1.807, 2.05) is 0 Å². The maximum absolute atomic E-state index is 10.9. The minimum atomic E-state index is -0.364. The first-order chi connectivity index (χ1) is 8.18. The van der Waals surface area contributed by atoms with Crippen LogP contribution in [0.3, 0.4) is 0 Å². The predicted molar refractivity (Wildman–Crippen MR) is 67.2 cm³/mol. The number of benzene rings is 1. The van der Waals surface area contributed by atoms with Crippen LogP contribution in [-0.4, -0.2) is 21.4 Å². The molecular formula is C12H15NO3S. The van der Waals surface area contributed by atoms with Crippen molar-refractivity contribution in [2.75, 3.05) is 0 Å². The molecule has 5 heteroatoms. The van der Waals surface area contributed by atoms with Gasteiger partial charge in [0.2, 0.25) is 0 Å². The van der Waals surface area contributed by atoms with Crippen molar-refractivity contribution in [1.29, 1.82) is 0 Å². The molecule has 17 heavy (non-hydrogen) atoms. The number of nitro benzene ring substituents is 1. The Balaban J connectivity index is 2.14. The van der Waals surface area contributed by atoms with Gasteiger partial charge in [0.1, 0.15) is 0 Å². The molecule has 0 heterocycles. The van der Waals surface area contributed by atoms with Gasteiger partial charge in [0.25, 0.3) is 5.69 Å². The van der Waals surface area contributed by atoms with E-state index in [9.17, 15) is 15.2 Å². The third-order valence-corrected chi connectivity index (χ3v) is 4.46. The van der Waals surface area contributed by atoms with Gasteiger partial charge in [-0.2, -0.15) is 0 Å². The largest absolute Gasteiger partial charge is 0.392 e. The van der Waals surface area contributed by atoms with Crippen molar-refractivity contribution in [2.45, 2.75) is 41.9 Å². The molecule has 0 aromatic heterocycles. The van der Waals surface area contributed by atoms with Crippen LogP contribution in [-0.2, 0) is 0 Å². The number of aliphatic hydroxyl groups excluding tert-OH is 1. The van der Waals surface area contributed by atoms with Crippen LogP contribution in [0.1, 0.15) is 25.7 Å². The van der Waals surface area contributed by atoms with E-state index >= 15 is 0 Å². The summed E-state index contributed by atoms with van der Waals surface area (Å²) in [7, 11) is 0. The van der Waals surface area contributed by atoms with Crippen LogP contribution >= 0.6 is 11.8 Å². The highest BCUT2D eigenvalue weighted by Crippen LogP contribution is 2.37. The molecule has 0 spiro atoms. The summed E-state index contributed by atoms with van der Waals surface area (Å²) in [6.45, 7) is 0. The normalized spacial score (nSPS) is 24.5. The minimum absolute atomic E-state index is 0.0878. The highest BCUT2D eigenvalue weighted by atomic mass is 32.2. The van der Waals surface area contributed by atoms with Crippen molar-refractivity contribution in [1.82, 2.24) is 0 Å². The maximum Gasteiger partial charge on any atom is 0.282 e. The first kappa shape index (κ1) is 12.4. The Morgan fingerprint density at radius 3 is 2.71 bits per heavy atom. The van der Waals surface area contributed by atoms with Crippen LogP contribution < -0.4 is 0 Å². The molecule has 4 nitrogen and oxygen atoms in total. The zero-order valence-electron chi connectivity index (χ0n) is 9.41. The Morgan fingerprint density at radius 2 is 2.00 bits per heavy atom. The van der Waals surface area contributed by atoms with Gasteiger partial charge in [-0.3, -0.25) is 10.1 Å². The van der Waals surface area contributed by atoms with E-state index in [-0.39, 0.29) is 22.0 Å². The summed E-state index contributed by atoms with van der Waals surface area (Å²) < 4.78 is 0. The lowest BCUT2D eigenvalue weighted by Gasteiger charge is -2.26. The van der Waals surface area contributed by atoms with Crippen molar-refractivity contribution in [3.05, 3.63) is 34.4 Å². The van der Waals surface area contributed by atoms with Gasteiger partial charge in [0, 0.05) is 11.3 Å². The fraction of sp³-hybridized carbons (Fsp3) is 0.500. The summed E-state index contributed by atoms with van der Waals surface area (Å²) in [6, 6.07) is 6.73. The number of aliphatic hydroxyl groups is 1. The van der Waals surface area contributed by atoms with Crippen LogP contribution in [0.2, 0.25) is 0 Å². The fourth-order valence-corrected chi connectivity index (χ4v) is 3.41. The standard InChI is InChI=1S/C12H15NO3S/c14-10-6-2-4-8-12(10)17-11-7-3-1-5-9(11)13(15)16/h1,3,5,7,10,12,14H,2,4,6,8H2/t10-,12-/m0/s1. The Kier molecular flexibility index (Phi) is 4.02. The number of hydrogen-bond acceptors (Lipinski definition) is 4. The summed E-state index contributed by atoms with van der Waals surface area (Å²) in [5.74, 6) is 0. The van der Waals surface area contributed by atoms with Gasteiger partial charge in [-0.15, -0.1) is 11.8 Å². The smallest absolute Gasteiger partial charge is 0.282 e. The Morgan fingerprint density at radius 1 is 1.29 bits per heavy atom. The average molecular weight is 253 g/mol. The second-order valence-corrected chi connectivity index (χ2v) is 5.51. The third-order valence-electron chi connectivity index (χ3n) is 3.01. The molecule has 1 fully saturated rings. The summed E-state index contributed by atoms with van der Waals surface area (Å²) in [6.07, 6.45) is 3.54. The maximum atomic E-state index is 10.9. The molecule has 2 rings (SSSR count). The summed E-state index contributed by atoms with van der Waals surface area (Å²) in [4.78, 5) is 11.2. The van der Waals surface area contributed by atoms with Gasteiger partial charge < -0.3 is 5.11 Å². The lowest BCUT2D eigenvalue weighted by molar-refractivity contribution is -0.387. The zero-order chi connectivity index (χ0) is 12.3. The lowest BCUT2D eigenvalue weighted by atomic mass is 9.97. The first-order valence-corrected chi connectivity index (χ1v) is 6.64. The molecular weight excluding hydrogens is 238 g/mol. The molecule has 1 aromatic carbocycles. The van der Waals surface area contributed by atoms with E-state index < -0.39 is 0 Å². The molecule has 1 aromatic rings. The van der Waals surface area contributed by atoms with Crippen LogP contribution in [0.15, 0.2) is 29.2 Å². The second-order valence-electron chi connectivity index (χ2n) is 4.23. The van der Waals surface area contributed by atoms with Crippen LogP contribution in [0.4, 0.5) is 5.69 Å². The Hall–Kier alpha value is -1.07. The van der Waals surface area contributed by atoms with E-state index in [4.69, 9.17) is 0 Å². The number of nitro groups is 1. The van der Waals surface area contributed by atoms with Gasteiger partial charge in [0.05, 0.1) is 15.9 Å². The highest BCUT2D eigenvalue weighted by Gasteiger charge is 2.26. The summed E-state index contributed by atoms with van der Waals surface area (Å²) in [5.41, 5.74) is 0.135. The van der Waals surface area contributed by atoms with Crippen molar-refractivity contribution in [3.8, 4) is 0 Å². The fourth-order valence-electron chi connectivity index (χ4n) is 2.09. The van der Waals surface area contributed by atoms with E-state index in [2.05, 4.69) is 0 Å². The first-order valence-electron chi connectivity index (χ1n) is 5.76. The van der Waals surface area contributed by atoms with Crippen LogP contribution in [0, 0.1) is 10.1 Å². The number of thioether (sulfide) groups is 1. The van der Waals surface area contributed by atoms with E-state index in [1.54, 1.807) is 18.2 Å². The van der Waals surface area contributed by atoms with E-state index in [0.717, 1.165) is 25.7 Å². The molecule has 0 saturated heterocycles. The van der Waals surface area contributed by atoms with Gasteiger partial charge in [-0.1, -0.05) is 25.0 Å². The minimum Gasteiger partial charge on any atom is -0.392 e. The number of hydrogen-bond donors (Lipinski definition) is 1. The molecule has 0 aliphatic heterocycles. The molecule has 0 bridgehead atoms. The number of para-hydroxylation sites is 1. The molecule has 92 valence electrons. The molecule has 1 saturated carbocycles. The second kappa shape index (κ2) is 5.51. The third kappa shape index (κ3) is 2.98. The summed E-state index contributed by atoms with van der Waals surface area (Å²) >= 11 is 1.44. The van der Waals surface area contributed by atoms with Crippen molar-refractivity contribution in [3.63, 3.8) is 0 Å². The SMILES string of the molecule is O=[N+]([O-])c1ccccc1S[C@H]1CCCC[C@@H]1O. The van der Waals surface area contributed by atoms with Crippen LogP contribution in [0.25, 0.3) is 0 Å². The molecule has 1 N–H and O–H groups in total. The van der Waals surface area contributed by atoms with Gasteiger partial charge in [-0.25, -0.2) is 0 Å². The molecule has 0 amide bonds. The van der Waals surface area contributed by atoms with Crippen molar-refractivity contribution >= 4 is 17.4 Å². The zero-order valence-corrected chi connectivity index (χ0v) is 10.2. The molecule has 0 unspecified atom stereocenters. The van der Waals surface area contributed by atoms with E-state index in [1.165, 1.54) is 17.8 Å². The molecule has 1 aliphatic carbocycles. The Bertz CT molecular complexity index is 410. The van der Waals surface area contributed by atoms with Gasteiger partial charge in [-0.05, 0) is 18.9 Å². The Labute approximate surface area is 104 Å². The van der Waals surface area contributed by atoms with Crippen molar-refractivity contribution < 1.29 is 10.0 Å². The van der Waals surface area contributed by atoms with Gasteiger partial charge in [0.15, 0.2) is 0 Å². The number of nitrogens with zero attached hydrogens (tertiary/aromatic N) is 1. The lowest BCUT2D eigenvalue weighted by Crippen LogP contribution is -2.26. The van der Waals surface area contributed by atoms with Crippen LogP contribution in [0.5, 0.6) is 0 Å². The molecule has 0 radical (unpaired) electrons. The summed E-state index contributed by atoms with van der Waals surface area (Å²) in [5, 5.41) is 20.8. The highest BCUT2D eigenvalue weighted by molar-refractivity contribution is 8.00. The van der Waals surface area contributed by atoms with E-state index in [0.29, 0.717) is 4.90 Å². The van der Waals surface area contributed by atoms with Gasteiger partial charge >= 0.3 is 0 Å². The molecule has 2 atom stereocenters. The topological polar surface area (TPSA) is 63.4 Å². The monoisotopic (exact) mass is 253 g/mol. The van der Waals surface area contributed by atoms with Crippen molar-refractivity contribution in [2.24, 2.45) is 0 Å². The quantitative estimate of drug-likeness (QED) is 0.664. The number of rotatable bonds is 3. The predicted octanol–water partition coefficient (Wildman–Crippen LogP) is 2.99. The average Bonchev–Trinajstić information content (AvgIpc) is 2.32. The molecule has 1 aliphatic rings.